The lowest BCUT2D eigenvalue weighted by Crippen LogP contribution is -2.28. The zero-order chi connectivity index (χ0) is 18.6. The predicted octanol–water partition coefficient (Wildman–Crippen LogP) is 5.27. The maximum Gasteiger partial charge on any atom is 0.307 e. The summed E-state index contributed by atoms with van der Waals surface area (Å²) in [5, 5.41) is 8.84. The lowest BCUT2D eigenvalue weighted by molar-refractivity contribution is -0.136. The number of hydrogen-bond donors (Lipinski definition) is 1. The smallest absolute Gasteiger partial charge is 0.307 e. The number of carbonyl (C=O) groups is 1. The van der Waals surface area contributed by atoms with E-state index >= 15 is 0 Å². The maximum atomic E-state index is 10.8. The largest absolute Gasteiger partial charge is 0.481 e. The third kappa shape index (κ3) is 3.97. The molecule has 0 saturated heterocycles. The Morgan fingerprint density at radius 1 is 1.08 bits per heavy atom. The monoisotopic (exact) mass is 364 g/mol. The van der Waals surface area contributed by atoms with E-state index in [0.717, 1.165) is 16.7 Å². The fourth-order valence-electron chi connectivity index (χ4n) is 3.65. The highest BCUT2D eigenvalue weighted by molar-refractivity contribution is 7.99. The summed E-state index contributed by atoms with van der Waals surface area (Å²) in [5.74, 6) is 6.87. The van der Waals surface area contributed by atoms with E-state index in [4.69, 9.17) is 5.11 Å². The summed E-state index contributed by atoms with van der Waals surface area (Å²) in [7, 11) is 0. The molecule has 0 amide bonds. The molecule has 0 unspecified atom stereocenters. The lowest BCUT2D eigenvalue weighted by atomic mass is 9.73. The van der Waals surface area contributed by atoms with Crippen LogP contribution in [0.3, 0.4) is 0 Å². The molecule has 2 aromatic rings. The Hall–Kier alpha value is -2.18. The van der Waals surface area contributed by atoms with Gasteiger partial charge in [-0.3, -0.25) is 4.79 Å². The van der Waals surface area contributed by atoms with Crippen molar-refractivity contribution >= 4 is 17.7 Å². The van der Waals surface area contributed by atoms with Gasteiger partial charge >= 0.3 is 5.97 Å². The lowest BCUT2D eigenvalue weighted by Gasteiger charge is -2.37. The molecule has 0 spiro atoms. The Kier molecular flexibility index (Phi) is 5.74. The molecule has 0 aliphatic carbocycles. The maximum absolute atomic E-state index is 10.8. The van der Waals surface area contributed by atoms with Crippen molar-refractivity contribution in [2.24, 2.45) is 0 Å². The summed E-state index contributed by atoms with van der Waals surface area (Å²) < 4.78 is 0. The van der Waals surface area contributed by atoms with Crippen LogP contribution in [0.25, 0.3) is 0 Å². The molecule has 1 heterocycles. The molecular weight excluding hydrogens is 340 g/mol. The minimum absolute atomic E-state index is 0.0479. The Bertz CT molecular complexity index is 852. The van der Waals surface area contributed by atoms with Crippen LogP contribution in [0.15, 0.2) is 47.4 Å². The van der Waals surface area contributed by atoms with Crippen molar-refractivity contribution in [3.05, 3.63) is 64.7 Å². The van der Waals surface area contributed by atoms with Crippen LogP contribution in [-0.2, 0) is 16.6 Å². The highest BCUT2D eigenvalue weighted by atomic mass is 32.2. The third-order valence-electron chi connectivity index (χ3n) is 5.40. The summed E-state index contributed by atoms with van der Waals surface area (Å²) in [5.41, 5.74) is 4.50. The summed E-state index contributed by atoms with van der Waals surface area (Å²) in [6.07, 6.45) is 3.61. The van der Waals surface area contributed by atoms with E-state index in [2.05, 4.69) is 43.9 Å². The molecule has 2 nitrogen and oxygen atoms in total. The van der Waals surface area contributed by atoms with Gasteiger partial charge < -0.3 is 5.11 Å². The molecule has 134 valence electrons. The molecule has 0 bridgehead atoms. The van der Waals surface area contributed by atoms with Gasteiger partial charge in [0.05, 0.1) is 6.42 Å². The average molecular weight is 365 g/mol. The van der Waals surface area contributed by atoms with Crippen molar-refractivity contribution in [2.75, 3.05) is 5.75 Å². The van der Waals surface area contributed by atoms with Crippen molar-refractivity contribution in [3.8, 4) is 11.8 Å². The van der Waals surface area contributed by atoms with Gasteiger partial charge in [0.1, 0.15) is 0 Å². The van der Waals surface area contributed by atoms with E-state index in [1.54, 1.807) is 0 Å². The van der Waals surface area contributed by atoms with Crippen LogP contribution in [0.2, 0.25) is 0 Å². The molecule has 1 N–H and O–H groups in total. The van der Waals surface area contributed by atoms with Crippen LogP contribution < -0.4 is 0 Å². The number of aliphatic carboxylic acids is 1. The molecule has 26 heavy (non-hydrogen) atoms. The fraction of sp³-hybridized carbons (Fsp3) is 0.348. The standard InChI is InChI=1S/C23H24O2S/c1-3-23(4-2)13-14-26-21-12-11-18(15-20(21)23)8-5-17-6-9-19(10-7-17)16-22(24)25/h6-7,9-12,15H,3-4,13-14,16H2,1-2H3,(H,24,25). The van der Waals surface area contributed by atoms with Crippen LogP contribution in [0.4, 0.5) is 0 Å². The van der Waals surface area contributed by atoms with E-state index in [9.17, 15) is 4.79 Å². The summed E-state index contributed by atoms with van der Waals surface area (Å²) in [6, 6.07) is 14.1. The van der Waals surface area contributed by atoms with Gasteiger partial charge in [-0.15, -0.1) is 11.8 Å². The van der Waals surface area contributed by atoms with Crippen LogP contribution in [0.5, 0.6) is 0 Å². The molecule has 0 atom stereocenters. The second-order valence-electron chi connectivity index (χ2n) is 6.81. The van der Waals surface area contributed by atoms with Gasteiger partial charge in [0.2, 0.25) is 0 Å². The quantitative estimate of drug-likeness (QED) is 0.751. The highest BCUT2D eigenvalue weighted by Gasteiger charge is 2.33. The molecule has 1 aliphatic rings. The van der Waals surface area contributed by atoms with Gasteiger partial charge in [0, 0.05) is 16.0 Å². The molecule has 2 aromatic carbocycles. The van der Waals surface area contributed by atoms with Gasteiger partial charge in [-0.2, -0.15) is 0 Å². The summed E-state index contributed by atoms with van der Waals surface area (Å²) >= 11 is 1.96. The summed E-state index contributed by atoms with van der Waals surface area (Å²) in [4.78, 5) is 12.2. The molecule has 3 rings (SSSR count). The van der Waals surface area contributed by atoms with Crippen molar-refractivity contribution in [2.45, 2.75) is 49.8 Å². The van der Waals surface area contributed by atoms with Crippen LogP contribution in [0.1, 0.15) is 55.4 Å². The molecule has 0 fully saturated rings. The summed E-state index contributed by atoms with van der Waals surface area (Å²) in [6.45, 7) is 4.58. The minimum atomic E-state index is -0.814. The fourth-order valence-corrected chi connectivity index (χ4v) is 4.96. The molecule has 3 heteroatoms. The molecule has 0 radical (unpaired) electrons. The number of fused-ring (bicyclic) bond motifs is 1. The Balaban J connectivity index is 1.86. The first-order chi connectivity index (χ1) is 12.6. The normalized spacial score (nSPS) is 14.8. The van der Waals surface area contributed by atoms with Crippen molar-refractivity contribution in [1.29, 1.82) is 0 Å². The number of benzene rings is 2. The number of hydrogen-bond acceptors (Lipinski definition) is 2. The number of rotatable bonds is 4. The van der Waals surface area contributed by atoms with Gasteiger partial charge in [-0.1, -0.05) is 37.8 Å². The van der Waals surface area contributed by atoms with Crippen molar-refractivity contribution < 1.29 is 9.90 Å². The van der Waals surface area contributed by atoms with E-state index < -0.39 is 5.97 Å². The van der Waals surface area contributed by atoms with Gasteiger partial charge in [0.15, 0.2) is 0 Å². The highest BCUT2D eigenvalue weighted by Crippen LogP contribution is 2.46. The predicted molar refractivity (Wildman–Crippen MR) is 108 cm³/mol. The van der Waals surface area contributed by atoms with E-state index in [-0.39, 0.29) is 11.8 Å². The minimum Gasteiger partial charge on any atom is -0.481 e. The second-order valence-corrected chi connectivity index (χ2v) is 7.95. The molecule has 1 aliphatic heterocycles. The van der Waals surface area contributed by atoms with Crippen molar-refractivity contribution in [1.82, 2.24) is 0 Å². The van der Waals surface area contributed by atoms with Gasteiger partial charge in [-0.25, -0.2) is 0 Å². The Morgan fingerprint density at radius 3 is 2.38 bits per heavy atom. The first-order valence-electron chi connectivity index (χ1n) is 9.16. The third-order valence-corrected chi connectivity index (χ3v) is 6.48. The van der Waals surface area contributed by atoms with E-state index in [1.165, 1.54) is 35.5 Å². The number of carboxylic acid groups (broad SMARTS) is 1. The molecule has 0 saturated carbocycles. The number of thioether (sulfide) groups is 1. The first kappa shape index (κ1) is 18.6. The van der Waals surface area contributed by atoms with E-state index in [1.807, 2.05) is 36.0 Å². The topological polar surface area (TPSA) is 37.3 Å². The van der Waals surface area contributed by atoms with E-state index in [0.29, 0.717) is 0 Å². The second kappa shape index (κ2) is 8.01. The van der Waals surface area contributed by atoms with Gasteiger partial charge in [-0.05, 0) is 71.9 Å². The van der Waals surface area contributed by atoms with Crippen LogP contribution in [-0.4, -0.2) is 16.8 Å². The Labute approximate surface area is 160 Å². The molecular formula is C23H24O2S. The van der Waals surface area contributed by atoms with Crippen LogP contribution >= 0.6 is 11.8 Å². The average Bonchev–Trinajstić information content (AvgIpc) is 2.66. The molecule has 0 aromatic heterocycles. The zero-order valence-corrected chi connectivity index (χ0v) is 16.2. The van der Waals surface area contributed by atoms with Crippen LogP contribution in [0, 0.1) is 11.8 Å². The SMILES string of the molecule is CCC1(CC)CCSc2ccc(C#Cc3ccc(CC(=O)O)cc3)cc21. The van der Waals surface area contributed by atoms with Crippen molar-refractivity contribution in [3.63, 3.8) is 0 Å². The zero-order valence-electron chi connectivity index (χ0n) is 15.3. The Morgan fingerprint density at radius 2 is 1.73 bits per heavy atom. The number of carboxylic acids is 1. The van der Waals surface area contributed by atoms with Gasteiger partial charge in [0.25, 0.3) is 0 Å². The first-order valence-corrected chi connectivity index (χ1v) is 10.1.